The molecule has 2 rings (SSSR count). The van der Waals surface area contributed by atoms with Gasteiger partial charge in [-0.15, -0.1) is 0 Å². The van der Waals surface area contributed by atoms with E-state index in [1.165, 1.54) is 36.4 Å². The van der Waals surface area contributed by atoms with Crippen LogP contribution in [0.3, 0.4) is 0 Å². The average molecular weight is 417 g/mol. The van der Waals surface area contributed by atoms with Crippen molar-refractivity contribution in [1.82, 2.24) is 0 Å². The summed E-state index contributed by atoms with van der Waals surface area (Å²) in [6.07, 6.45) is 0. The highest BCUT2D eigenvalue weighted by Crippen LogP contribution is 2.33. The lowest BCUT2D eigenvalue weighted by atomic mass is 10.2. The maximum Gasteiger partial charge on any atom is 0.338 e. The van der Waals surface area contributed by atoms with E-state index >= 15 is 0 Å². The van der Waals surface area contributed by atoms with Crippen molar-refractivity contribution in [2.75, 3.05) is 17.2 Å². The van der Waals surface area contributed by atoms with Crippen molar-refractivity contribution in [1.29, 1.82) is 0 Å². The largest absolute Gasteiger partial charge is 0.452 e. The predicted molar refractivity (Wildman–Crippen MR) is 100 cm³/mol. The van der Waals surface area contributed by atoms with Crippen LogP contribution in [0.2, 0.25) is 15.1 Å². The molecule has 10 heteroatoms. The van der Waals surface area contributed by atoms with Gasteiger partial charge in [0.05, 0.1) is 21.3 Å². The molecule has 0 aliphatic heterocycles. The summed E-state index contributed by atoms with van der Waals surface area (Å²) in [6, 6.07) is 7.87. The van der Waals surface area contributed by atoms with Crippen molar-refractivity contribution in [2.45, 2.75) is 0 Å². The lowest BCUT2D eigenvalue weighted by molar-refractivity contribution is -0.119. The van der Waals surface area contributed by atoms with Crippen LogP contribution >= 0.6 is 34.8 Å². The number of amides is 3. The van der Waals surface area contributed by atoms with Gasteiger partial charge >= 0.3 is 12.0 Å². The molecule has 0 atom stereocenters. The molecule has 2 aromatic carbocycles. The molecule has 0 fully saturated rings. The van der Waals surface area contributed by atoms with Crippen LogP contribution in [0.15, 0.2) is 36.4 Å². The average Bonchev–Trinajstić information content (AvgIpc) is 2.56. The molecule has 0 heterocycles. The van der Waals surface area contributed by atoms with Crippen LogP contribution in [0.4, 0.5) is 16.2 Å². The Morgan fingerprint density at radius 3 is 2.08 bits per heavy atom. The Hall–Kier alpha value is -2.48. The van der Waals surface area contributed by atoms with Crippen molar-refractivity contribution in [3.05, 3.63) is 57.0 Å². The summed E-state index contributed by atoms with van der Waals surface area (Å²) < 4.78 is 4.91. The van der Waals surface area contributed by atoms with Gasteiger partial charge in [-0.1, -0.05) is 34.8 Å². The van der Waals surface area contributed by atoms with Gasteiger partial charge in [0.25, 0.3) is 5.91 Å². The molecule has 0 aliphatic rings. The lowest BCUT2D eigenvalue weighted by Crippen LogP contribution is -2.21. The van der Waals surface area contributed by atoms with Gasteiger partial charge in [-0.05, 0) is 36.4 Å². The van der Waals surface area contributed by atoms with Gasteiger partial charge in [-0.25, -0.2) is 9.59 Å². The van der Waals surface area contributed by atoms with Crippen molar-refractivity contribution >= 4 is 64.1 Å². The van der Waals surface area contributed by atoms with Crippen LogP contribution in [0, 0.1) is 0 Å². The highest BCUT2D eigenvalue weighted by atomic mass is 35.5. The summed E-state index contributed by atoms with van der Waals surface area (Å²) >= 11 is 17.7. The van der Waals surface area contributed by atoms with Crippen molar-refractivity contribution in [2.24, 2.45) is 5.73 Å². The summed E-state index contributed by atoms with van der Waals surface area (Å²) in [5.74, 6) is -1.35. The molecule has 0 unspecified atom stereocenters. The Labute approximate surface area is 163 Å². The fourth-order valence-corrected chi connectivity index (χ4v) is 2.79. The number of esters is 1. The summed E-state index contributed by atoms with van der Waals surface area (Å²) in [7, 11) is 0. The topological polar surface area (TPSA) is 111 Å². The first kappa shape index (κ1) is 19.8. The number of ether oxygens (including phenoxy) is 1. The van der Waals surface area contributed by atoms with Gasteiger partial charge < -0.3 is 21.1 Å². The molecule has 0 bridgehead atoms. The molecule has 0 aromatic heterocycles. The zero-order valence-electron chi connectivity index (χ0n) is 13.0. The van der Waals surface area contributed by atoms with E-state index in [4.69, 9.17) is 45.3 Å². The summed E-state index contributed by atoms with van der Waals surface area (Å²) in [6.45, 7) is -0.546. The Bertz CT molecular complexity index is 833. The Morgan fingerprint density at radius 2 is 1.54 bits per heavy atom. The second kappa shape index (κ2) is 8.75. The lowest BCUT2D eigenvalue weighted by Gasteiger charge is -2.10. The van der Waals surface area contributed by atoms with E-state index in [-0.39, 0.29) is 21.3 Å². The quantitative estimate of drug-likeness (QED) is 0.641. The maximum absolute atomic E-state index is 11.9. The molecule has 7 nitrogen and oxygen atoms in total. The normalized spacial score (nSPS) is 10.1. The van der Waals surface area contributed by atoms with Crippen LogP contribution in [0.1, 0.15) is 10.4 Å². The molecule has 26 heavy (non-hydrogen) atoms. The fourth-order valence-electron chi connectivity index (χ4n) is 1.88. The second-order valence-corrected chi connectivity index (χ2v) is 6.19. The Balaban J connectivity index is 1.93. The minimum absolute atomic E-state index is 0.153. The molecule has 0 saturated heterocycles. The van der Waals surface area contributed by atoms with Gasteiger partial charge in [0.1, 0.15) is 0 Å². The summed E-state index contributed by atoms with van der Waals surface area (Å²) in [5, 5.41) is 5.42. The van der Waals surface area contributed by atoms with Gasteiger partial charge in [0.2, 0.25) is 0 Å². The molecule has 0 aliphatic carbocycles. The number of carbonyl (C=O) groups excluding carboxylic acids is 3. The van der Waals surface area contributed by atoms with Crippen LogP contribution in [0.5, 0.6) is 0 Å². The van der Waals surface area contributed by atoms with E-state index in [9.17, 15) is 14.4 Å². The van der Waals surface area contributed by atoms with E-state index in [1.54, 1.807) is 0 Å². The predicted octanol–water partition coefficient (Wildman–Crippen LogP) is 3.93. The molecule has 0 radical (unpaired) electrons. The zero-order chi connectivity index (χ0) is 19.3. The van der Waals surface area contributed by atoms with Crippen molar-refractivity contribution in [3.8, 4) is 0 Å². The molecule has 136 valence electrons. The van der Waals surface area contributed by atoms with E-state index in [1.807, 2.05) is 0 Å². The number of hydrogen-bond donors (Lipinski definition) is 3. The van der Waals surface area contributed by atoms with Crippen molar-refractivity contribution in [3.63, 3.8) is 0 Å². The third-order valence-corrected chi connectivity index (χ3v) is 3.81. The highest BCUT2D eigenvalue weighted by Gasteiger charge is 2.14. The molecule has 2 aromatic rings. The van der Waals surface area contributed by atoms with E-state index < -0.39 is 24.5 Å². The Kier molecular flexibility index (Phi) is 6.68. The third-order valence-electron chi connectivity index (χ3n) is 2.99. The molecular weight excluding hydrogens is 405 g/mol. The molecule has 0 spiro atoms. The summed E-state index contributed by atoms with van der Waals surface area (Å²) in [4.78, 5) is 34.6. The number of primary amides is 1. The molecular formula is C16H12Cl3N3O4. The third kappa shape index (κ3) is 5.52. The first-order valence-corrected chi connectivity index (χ1v) is 8.17. The monoisotopic (exact) mass is 415 g/mol. The van der Waals surface area contributed by atoms with Crippen LogP contribution in [-0.4, -0.2) is 24.5 Å². The summed E-state index contributed by atoms with van der Waals surface area (Å²) in [5.41, 5.74) is 5.76. The number of nitrogens with two attached hydrogens (primary N) is 1. The number of anilines is 2. The zero-order valence-corrected chi connectivity index (χ0v) is 15.3. The van der Waals surface area contributed by atoms with E-state index in [2.05, 4.69) is 10.6 Å². The Morgan fingerprint density at radius 1 is 0.962 bits per heavy atom. The van der Waals surface area contributed by atoms with Gasteiger partial charge in [-0.3, -0.25) is 4.79 Å². The highest BCUT2D eigenvalue weighted by molar-refractivity contribution is 6.42. The number of urea groups is 1. The van der Waals surface area contributed by atoms with Crippen LogP contribution in [0.25, 0.3) is 0 Å². The minimum atomic E-state index is -0.725. The number of carbonyl (C=O) groups is 3. The van der Waals surface area contributed by atoms with E-state index in [0.717, 1.165) is 0 Å². The first-order valence-electron chi connectivity index (χ1n) is 7.04. The number of rotatable bonds is 5. The first-order chi connectivity index (χ1) is 12.3. The molecule has 3 amide bonds. The van der Waals surface area contributed by atoms with Crippen LogP contribution < -0.4 is 16.4 Å². The number of benzene rings is 2. The maximum atomic E-state index is 11.9. The van der Waals surface area contributed by atoms with Crippen molar-refractivity contribution < 1.29 is 19.1 Å². The fraction of sp³-hybridized carbons (Fsp3) is 0.0625. The SMILES string of the molecule is NC(=O)Nc1ccc(C(=O)OCC(=O)Nc2c(Cl)cc(Cl)cc2Cl)cc1. The number of hydrogen-bond acceptors (Lipinski definition) is 4. The second-order valence-electron chi connectivity index (χ2n) is 4.94. The van der Waals surface area contributed by atoms with Crippen LogP contribution in [-0.2, 0) is 9.53 Å². The standard InChI is InChI=1S/C16H12Cl3N3O4/c17-9-5-11(18)14(12(19)6-9)22-13(23)7-26-15(24)8-1-3-10(4-2-8)21-16(20)25/h1-6H,7H2,(H,22,23)(H3,20,21,25). The number of nitrogens with one attached hydrogen (secondary N) is 2. The van der Waals surface area contributed by atoms with Gasteiger partial charge in [-0.2, -0.15) is 0 Å². The number of halogens is 3. The minimum Gasteiger partial charge on any atom is -0.452 e. The molecule has 0 saturated carbocycles. The molecule has 4 N–H and O–H groups in total. The van der Waals surface area contributed by atoms with Gasteiger partial charge in [0, 0.05) is 10.7 Å². The van der Waals surface area contributed by atoms with E-state index in [0.29, 0.717) is 10.7 Å². The van der Waals surface area contributed by atoms with Gasteiger partial charge in [0.15, 0.2) is 6.61 Å². The smallest absolute Gasteiger partial charge is 0.338 e.